The molecule has 2 heterocycles. The van der Waals surface area contributed by atoms with Gasteiger partial charge in [0.1, 0.15) is 5.69 Å². The van der Waals surface area contributed by atoms with Crippen LogP contribution in [-0.4, -0.2) is 26.8 Å². The second-order valence-corrected chi connectivity index (χ2v) is 7.39. The summed E-state index contributed by atoms with van der Waals surface area (Å²) < 4.78 is 0. The summed E-state index contributed by atoms with van der Waals surface area (Å²) in [6.07, 6.45) is 6.48. The fourth-order valence-electron chi connectivity index (χ4n) is 3.65. The molecule has 30 heavy (non-hydrogen) atoms. The van der Waals surface area contributed by atoms with Crippen molar-refractivity contribution in [2.24, 2.45) is 0 Å². The van der Waals surface area contributed by atoms with Crippen LogP contribution >= 0.6 is 0 Å². The lowest BCUT2D eigenvalue weighted by molar-refractivity contribution is -0.122. The van der Waals surface area contributed by atoms with Crippen molar-refractivity contribution in [2.75, 3.05) is 0 Å². The third-order valence-corrected chi connectivity index (χ3v) is 5.24. The molecule has 0 aliphatic heterocycles. The number of fused-ring (bicyclic) bond motifs is 1. The van der Waals surface area contributed by atoms with Crippen LogP contribution in [0.25, 0.3) is 0 Å². The predicted octanol–water partition coefficient (Wildman–Crippen LogP) is 2.46. The zero-order valence-corrected chi connectivity index (χ0v) is 16.8. The molecule has 7 heteroatoms. The van der Waals surface area contributed by atoms with Gasteiger partial charge in [0, 0.05) is 18.9 Å². The number of aromatic nitrogens is 3. The summed E-state index contributed by atoms with van der Waals surface area (Å²) in [5, 5.41) is 5.82. The molecule has 4 rings (SSSR count). The molecule has 2 aromatic heterocycles. The molecule has 3 aromatic rings. The number of pyridine rings is 1. The highest BCUT2D eigenvalue weighted by atomic mass is 16.2. The predicted molar refractivity (Wildman–Crippen MR) is 112 cm³/mol. The first-order chi connectivity index (χ1) is 14.6. The fourth-order valence-corrected chi connectivity index (χ4v) is 3.65. The zero-order chi connectivity index (χ0) is 20.9. The van der Waals surface area contributed by atoms with Gasteiger partial charge < -0.3 is 10.6 Å². The van der Waals surface area contributed by atoms with Gasteiger partial charge in [-0.1, -0.05) is 24.3 Å². The van der Waals surface area contributed by atoms with Crippen molar-refractivity contribution in [3.63, 3.8) is 0 Å². The first-order valence-corrected chi connectivity index (χ1v) is 9.96. The van der Waals surface area contributed by atoms with E-state index < -0.39 is 0 Å². The van der Waals surface area contributed by atoms with E-state index in [4.69, 9.17) is 0 Å². The molecule has 1 aromatic carbocycles. The van der Waals surface area contributed by atoms with Crippen molar-refractivity contribution in [2.45, 2.75) is 38.8 Å². The minimum atomic E-state index is -0.303. The maximum atomic E-state index is 12.7. The second-order valence-electron chi connectivity index (χ2n) is 7.39. The van der Waals surface area contributed by atoms with Gasteiger partial charge in [-0.25, -0.2) is 4.98 Å². The largest absolute Gasteiger partial charge is 0.351 e. The van der Waals surface area contributed by atoms with Crippen molar-refractivity contribution in [1.82, 2.24) is 25.6 Å². The third-order valence-electron chi connectivity index (χ3n) is 5.24. The van der Waals surface area contributed by atoms with Crippen molar-refractivity contribution >= 4 is 11.8 Å². The van der Waals surface area contributed by atoms with Gasteiger partial charge in [0.2, 0.25) is 5.91 Å². The van der Waals surface area contributed by atoms with Crippen LogP contribution in [0.4, 0.5) is 0 Å². The van der Waals surface area contributed by atoms with Crippen LogP contribution in [0, 0.1) is 6.92 Å². The number of amides is 2. The average molecular weight is 401 g/mol. The lowest BCUT2D eigenvalue weighted by atomic mass is 10.0. The minimum absolute atomic E-state index is 0.0459. The Hall–Kier alpha value is -3.61. The molecule has 7 nitrogen and oxygen atoms in total. The molecule has 0 spiro atoms. The Balaban J connectivity index is 1.32. The van der Waals surface area contributed by atoms with E-state index in [1.807, 2.05) is 37.3 Å². The van der Waals surface area contributed by atoms with Crippen LogP contribution in [0.3, 0.4) is 0 Å². The van der Waals surface area contributed by atoms with E-state index in [-0.39, 0.29) is 30.0 Å². The highest BCUT2D eigenvalue weighted by molar-refractivity contribution is 5.91. The minimum Gasteiger partial charge on any atom is -0.351 e. The molecule has 2 amide bonds. The highest BCUT2D eigenvalue weighted by Gasteiger charge is 2.27. The van der Waals surface area contributed by atoms with E-state index in [1.165, 1.54) is 11.8 Å². The molecular weight excluding hydrogens is 378 g/mol. The molecule has 0 bridgehead atoms. The van der Waals surface area contributed by atoms with E-state index in [0.717, 1.165) is 29.7 Å². The molecular formula is C23H23N5O2. The Morgan fingerprint density at radius 2 is 1.90 bits per heavy atom. The van der Waals surface area contributed by atoms with E-state index >= 15 is 0 Å². The van der Waals surface area contributed by atoms with Crippen LogP contribution in [-0.2, 0) is 24.3 Å². The molecule has 152 valence electrons. The van der Waals surface area contributed by atoms with Gasteiger partial charge in [0.05, 0.1) is 30.0 Å². The molecule has 1 aliphatic rings. The summed E-state index contributed by atoms with van der Waals surface area (Å²) in [5.74, 6) is -0.343. The number of aryl methyl sites for hydroxylation is 2. The number of nitrogens with one attached hydrogen (secondary N) is 2. The Bertz CT molecular complexity index is 1070. The molecule has 0 saturated carbocycles. The molecule has 0 saturated heterocycles. The Morgan fingerprint density at radius 3 is 2.73 bits per heavy atom. The van der Waals surface area contributed by atoms with Gasteiger partial charge in [-0.2, -0.15) is 0 Å². The topological polar surface area (TPSA) is 96.9 Å². The second kappa shape index (κ2) is 8.82. The smallest absolute Gasteiger partial charge is 0.271 e. The quantitative estimate of drug-likeness (QED) is 0.661. The summed E-state index contributed by atoms with van der Waals surface area (Å²) in [5.41, 5.74) is 5.06. The van der Waals surface area contributed by atoms with Gasteiger partial charge in [0.15, 0.2) is 0 Å². The molecule has 0 radical (unpaired) electrons. The van der Waals surface area contributed by atoms with Crippen LogP contribution in [0.5, 0.6) is 0 Å². The number of hydrogen-bond donors (Lipinski definition) is 2. The Morgan fingerprint density at radius 1 is 1.03 bits per heavy atom. The van der Waals surface area contributed by atoms with Crippen LogP contribution in [0.15, 0.2) is 55.0 Å². The molecule has 0 fully saturated rings. The lowest BCUT2D eigenvalue weighted by Gasteiger charge is -2.13. The summed E-state index contributed by atoms with van der Waals surface area (Å²) in [6.45, 7) is 2.50. The first kappa shape index (κ1) is 19.7. The van der Waals surface area contributed by atoms with Gasteiger partial charge in [-0.3, -0.25) is 19.6 Å². The van der Waals surface area contributed by atoms with Crippen LogP contribution < -0.4 is 10.6 Å². The number of rotatable bonds is 6. The van der Waals surface area contributed by atoms with Crippen LogP contribution in [0.2, 0.25) is 0 Å². The monoisotopic (exact) mass is 401 g/mol. The summed E-state index contributed by atoms with van der Waals surface area (Å²) in [7, 11) is 0. The lowest BCUT2D eigenvalue weighted by Crippen LogP contribution is -2.28. The van der Waals surface area contributed by atoms with Crippen molar-refractivity contribution in [3.05, 3.63) is 88.8 Å². The third kappa shape index (κ3) is 4.51. The van der Waals surface area contributed by atoms with E-state index in [1.54, 1.807) is 12.4 Å². The number of nitrogens with zero attached hydrogens (tertiary/aromatic N) is 3. The molecule has 1 atom stereocenters. The highest BCUT2D eigenvalue weighted by Crippen LogP contribution is 2.32. The summed E-state index contributed by atoms with van der Waals surface area (Å²) >= 11 is 0. The Kier molecular flexibility index (Phi) is 5.79. The van der Waals surface area contributed by atoms with Crippen LogP contribution in [0.1, 0.15) is 50.9 Å². The van der Waals surface area contributed by atoms with Crippen molar-refractivity contribution in [3.8, 4) is 0 Å². The Labute approximate surface area is 175 Å². The number of benzene rings is 1. The van der Waals surface area contributed by atoms with Crippen molar-refractivity contribution < 1.29 is 9.59 Å². The number of carbonyl (C=O) groups is 2. The molecule has 2 N–H and O–H groups in total. The van der Waals surface area contributed by atoms with E-state index in [9.17, 15) is 9.59 Å². The average Bonchev–Trinajstić information content (AvgIpc) is 3.21. The zero-order valence-electron chi connectivity index (χ0n) is 16.8. The number of carbonyl (C=O) groups excluding carboxylic acids is 2. The van der Waals surface area contributed by atoms with E-state index in [0.29, 0.717) is 12.2 Å². The summed E-state index contributed by atoms with van der Waals surface area (Å²) in [6, 6.07) is 11.9. The summed E-state index contributed by atoms with van der Waals surface area (Å²) in [4.78, 5) is 37.3. The first-order valence-electron chi connectivity index (χ1n) is 9.96. The standard InChI is InChI=1S/C23H23N5O2/c1-15-11-26-21(14-25-15)23(30)28-13-18-10-16(8-9-24-18)12-27-22(29)20-7-6-17-4-2-3-5-19(17)20/h2-5,8-11,14,20H,6-7,12-13H2,1H3,(H,27,29)(H,28,30). The maximum Gasteiger partial charge on any atom is 0.271 e. The van der Waals surface area contributed by atoms with Gasteiger partial charge >= 0.3 is 0 Å². The fraction of sp³-hybridized carbons (Fsp3) is 0.261. The molecule has 1 aliphatic carbocycles. The normalized spacial score (nSPS) is 14.8. The maximum absolute atomic E-state index is 12.7. The van der Waals surface area contributed by atoms with Gasteiger partial charge in [0.25, 0.3) is 5.91 Å². The van der Waals surface area contributed by atoms with E-state index in [2.05, 4.69) is 31.7 Å². The molecule has 1 unspecified atom stereocenters. The number of hydrogen-bond acceptors (Lipinski definition) is 5. The van der Waals surface area contributed by atoms with Gasteiger partial charge in [-0.05, 0) is 48.6 Å². The van der Waals surface area contributed by atoms with Gasteiger partial charge in [-0.15, -0.1) is 0 Å². The van der Waals surface area contributed by atoms with Crippen molar-refractivity contribution in [1.29, 1.82) is 0 Å². The SMILES string of the molecule is Cc1cnc(C(=O)NCc2cc(CNC(=O)C3CCc4ccccc43)ccn2)cn1.